The summed E-state index contributed by atoms with van der Waals surface area (Å²) < 4.78 is 16.1. The van der Waals surface area contributed by atoms with Crippen LogP contribution in [-0.2, 0) is 6.42 Å². The summed E-state index contributed by atoms with van der Waals surface area (Å²) in [5, 5.41) is 0. The highest BCUT2D eigenvalue weighted by atomic mass is 16.5. The van der Waals surface area contributed by atoms with Crippen molar-refractivity contribution in [1.82, 2.24) is 4.98 Å². The summed E-state index contributed by atoms with van der Waals surface area (Å²) >= 11 is 0. The van der Waals surface area contributed by atoms with E-state index in [-0.39, 0.29) is 0 Å². The molecule has 0 aliphatic heterocycles. The summed E-state index contributed by atoms with van der Waals surface area (Å²) in [6, 6.07) is 3.65. The first-order valence-corrected chi connectivity index (χ1v) is 5.65. The predicted octanol–water partition coefficient (Wildman–Crippen LogP) is 3.04. The number of oxazole rings is 1. The number of aromatic nitrogens is 1. The monoisotopic (exact) mass is 235 g/mol. The maximum absolute atomic E-state index is 5.67. The fraction of sp³-hybridized carbons (Fsp3) is 0.462. The lowest BCUT2D eigenvalue weighted by Gasteiger charge is -2.05. The van der Waals surface area contributed by atoms with Gasteiger partial charge in [0.2, 0.25) is 0 Å². The van der Waals surface area contributed by atoms with Gasteiger partial charge in [-0.3, -0.25) is 0 Å². The molecule has 0 unspecified atom stereocenters. The largest absolute Gasteiger partial charge is 0.493 e. The number of hydrogen-bond donors (Lipinski definition) is 0. The number of fused-ring (bicyclic) bond motifs is 1. The van der Waals surface area contributed by atoms with E-state index >= 15 is 0 Å². The van der Waals surface area contributed by atoms with E-state index in [1.54, 1.807) is 14.2 Å². The van der Waals surface area contributed by atoms with E-state index in [2.05, 4.69) is 18.8 Å². The van der Waals surface area contributed by atoms with Crippen molar-refractivity contribution in [2.45, 2.75) is 20.3 Å². The van der Waals surface area contributed by atoms with Gasteiger partial charge >= 0.3 is 0 Å². The van der Waals surface area contributed by atoms with E-state index in [1.807, 2.05) is 12.1 Å². The van der Waals surface area contributed by atoms with E-state index in [4.69, 9.17) is 13.9 Å². The Balaban J connectivity index is 2.46. The zero-order chi connectivity index (χ0) is 12.4. The van der Waals surface area contributed by atoms with Crippen LogP contribution in [-0.4, -0.2) is 19.2 Å². The third kappa shape index (κ3) is 2.35. The lowest BCUT2D eigenvalue weighted by Crippen LogP contribution is -1.93. The summed E-state index contributed by atoms with van der Waals surface area (Å²) in [5.74, 6) is 2.61. The molecule has 1 heterocycles. The lowest BCUT2D eigenvalue weighted by molar-refractivity contribution is 0.355. The Labute approximate surface area is 101 Å². The van der Waals surface area contributed by atoms with Gasteiger partial charge in [0.05, 0.1) is 14.2 Å². The van der Waals surface area contributed by atoms with E-state index in [0.29, 0.717) is 17.4 Å². The molecule has 0 amide bonds. The summed E-state index contributed by atoms with van der Waals surface area (Å²) in [5.41, 5.74) is 1.54. The molecule has 0 N–H and O–H groups in total. The second kappa shape index (κ2) is 4.65. The molecule has 0 spiro atoms. The van der Waals surface area contributed by atoms with Crippen molar-refractivity contribution in [3.05, 3.63) is 18.0 Å². The summed E-state index contributed by atoms with van der Waals surface area (Å²) in [6.07, 6.45) is 0.833. The van der Waals surface area contributed by atoms with Crippen LogP contribution < -0.4 is 9.47 Å². The van der Waals surface area contributed by atoms with Crippen molar-refractivity contribution in [3.63, 3.8) is 0 Å². The van der Waals surface area contributed by atoms with Gasteiger partial charge in [-0.15, -0.1) is 0 Å². The lowest BCUT2D eigenvalue weighted by atomic mass is 10.1. The normalized spacial score (nSPS) is 11.1. The molecule has 1 aromatic heterocycles. The van der Waals surface area contributed by atoms with Crippen LogP contribution in [0.1, 0.15) is 19.7 Å². The van der Waals surface area contributed by atoms with Crippen molar-refractivity contribution in [2.24, 2.45) is 5.92 Å². The minimum Gasteiger partial charge on any atom is -0.493 e. The van der Waals surface area contributed by atoms with Crippen LogP contribution in [0.5, 0.6) is 11.5 Å². The zero-order valence-corrected chi connectivity index (χ0v) is 10.6. The van der Waals surface area contributed by atoms with Gasteiger partial charge in [-0.2, -0.15) is 0 Å². The first kappa shape index (κ1) is 11.8. The van der Waals surface area contributed by atoms with Gasteiger partial charge in [0.25, 0.3) is 0 Å². The number of hydrogen-bond acceptors (Lipinski definition) is 4. The summed E-state index contributed by atoms with van der Waals surface area (Å²) in [7, 11) is 3.22. The molecule has 0 aliphatic rings. The molecular formula is C13H17NO3. The Morgan fingerprint density at radius 2 is 1.82 bits per heavy atom. The molecule has 0 radical (unpaired) electrons. The summed E-state index contributed by atoms with van der Waals surface area (Å²) in [4.78, 5) is 4.43. The minimum absolute atomic E-state index is 0.520. The molecular weight excluding hydrogens is 218 g/mol. The van der Waals surface area contributed by atoms with Gasteiger partial charge in [-0.25, -0.2) is 4.98 Å². The number of ether oxygens (including phenoxy) is 2. The number of benzene rings is 1. The first-order chi connectivity index (χ1) is 8.13. The maximum Gasteiger partial charge on any atom is 0.195 e. The number of rotatable bonds is 4. The molecule has 0 bridgehead atoms. The highest BCUT2D eigenvalue weighted by Crippen LogP contribution is 2.32. The number of nitrogens with zero attached hydrogens (tertiary/aromatic N) is 1. The standard InChI is InChI=1S/C13H17NO3/c1-8(2)5-13-14-9-6-11(15-3)12(16-4)7-10(9)17-13/h6-8H,5H2,1-4H3. The smallest absolute Gasteiger partial charge is 0.195 e. The van der Waals surface area contributed by atoms with Crippen molar-refractivity contribution in [2.75, 3.05) is 14.2 Å². The molecule has 17 heavy (non-hydrogen) atoms. The van der Waals surface area contributed by atoms with Crippen molar-refractivity contribution in [1.29, 1.82) is 0 Å². The Kier molecular flexibility index (Phi) is 3.22. The van der Waals surface area contributed by atoms with E-state index in [9.17, 15) is 0 Å². The Hall–Kier alpha value is -1.71. The van der Waals surface area contributed by atoms with Crippen LogP contribution in [0.4, 0.5) is 0 Å². The second-order valence-corrected chi connectivity index (χ2v) is 4.38. The van der Waals surface area contributed by atoms with Crippen molar-refractivity contribution < 1.29 is 13.9 Å². The van der Waals surface area contributed by atoms with E-state index in [0.717, 1.165) is 23.4 Å². The highest BCUT2D eigenvalue weighted by molar-refractivity contribution is 5.77. The van der Waals surface area contributed by atoms with Gasteiger partial charge in [0.15, 0.2) is 23.0 Å². The Morgan fingerprint density at radius 1 is 1.18 bits per heavy atom. The van der Waals surface area contributed by atoms with Crippen LogP contribution in [0.2, 0.25) is 0 Å². The fourth-order valence-corrected chi connectivity index (χ4v) is 1.74. The third-order valence-electron chi connectivity index (χ3n) is 2.52. The molecule has 1 aromatic carbocycles. The van der Waals surface area contributed by atoms with Crippen molar-refractivity contribution in [3.8, 4) is 11.5 Å². The summed E-state index contributed by atoms with van der Waals surface area (Å²) in [6.45, 7) is 4.27. The van der Waals surface area contributed by atoms with Crippen LogP contribution in [0.3, 0.4) is 0 Å². The maximum atomic E-state index is 5.67. The van der Waals surface area contributed by atoms with E-state index in [1.165, 1.54) is 0 Å². The molecule has 4 heteroatoms. The second-order valence-electron chi connectivity index (χ2n) is 4.38. The topological polar surface area (TPSA) is 44.5 Å². The molecule has 0 saturated heterocycles. The van der Waals surface area contributed by atoms with Gasteiger partial charge in [0, 0.05) is 18.6 Å². The molecule has 0 aliphatic carbocycles. The predicted molar refractivity (Wildman–Crippen MR) is 65.7 cm³/mol. The van der Waals surface area contributed by atoms with Gasteiger partial charge < -0.3 is 13.9 Å². The van der Waals surface area contributed by atoms with Gasteiger partial charge in [-0.05, 0) is 5.92 Å². The van der Waals surface area contributed by atoms with Gasteiger partial charge in [0.1, 0.15) is 5.52 Å². The molecule has 0 fully saturated rings. The molecule has 2 rings (SSSR count). The van der Waals surface area contributed by atoms with Crippen LogP contribution in [0, 0.1) is 5.92 Å². The van der Waals surface area contributed by atoms with Gasteiger partial charge in [-0.1, -0.05) is 13.8 Å². The first-order valence-electron chi connectivity index (χ1n) is 5.65. The molecule has 2 aromatic rings. The Morgan fingerprint density at radius 3 is 2.41 bits per heavy atom. The number of methoxy groups -OCH3 is 2. The minimum atomic E-state index is 0.520. The zero-order valence-electron chi connectivity index (χ0n) is 10.6. The van der Waals surface area contributed by atoms with Crippen LogP contribution in [0.25, 0.3) is 11.1 Å². The quantitative estimate of drug-likeness (QED) is 0.817. The SMILES string of the molecule is COc1cc2nc(CC(C)C)oc2cc1OC. The van der Waals surface area contributed by atoms with Crippen LogP contribution in [0.15, 0.2) is 16.5 Å². The fourth-order valence-electron chi connectivity index (χ4n) is 1.74. The van der Waals surface area contributed by atoms with Crippen molar-refractivity contribution >= 4 is 11.1 Å². The third-order valence-corrected chi connectivity index (χ3v) is 2.52. The molecule has 0 atom stereocenters. The van der Waals surface area contributed by atoms with Crippen LogP contribution >= 0.6 is 0 Å². The molecule has 4 nitrogen and oxygen atoms in total. The average molecular weight is 235 g/mol. The average Bonchev–Trinajstić information content (AvgIpc) is 2.66. The Bertz CT molecular complexity index is 476. The van der Waals surface area contributed by atoms with E-state index < -0.39 is 0 Å². The highest BCUT2D eigenvalue weighted by Gasteiger charge is 2.12. The molecule has 92 valence electrons. The molecule has 0 saturated carbocycles.